The summed E-state index contributed by atoms with van der Waals surface area (Å²) in [5, 5.41) is 4.00. The molecule has 2 rings (SSSR count). The molecular formula is C13H20N4O. The van der Waals surface area contributed by atoms with Crippen molar-refractivity contribution < 1.29 is 4.52 Å². The molecule has 1 unspecified atom stereocenters. The van der Waals surface area contributed by atoms with Crippen LogP contribution in [-0.4, -0.2) is 14.7 Å². The minimum absolute atomic E-state index is 0.108. The lowest BCUT2D eigenvalue weighted by atomic mass is 10.0. The van der Waals surface area contributed by atoms with Crippen LogP contribution in [0.2, 0.25) is 0 Å². The third-order valence-electron chi connectivity index (χ3n) is 3.25. The SMILES string of the molecule is Cc1noc(C)c1C(C)n1cncc1C(C)(C)N. The van der Waals surface area contributed by atoms with Gasteiger partial charge in [0.1, 0.15) is 5.76 Å². The minimum atomic E-state index is -0.427. The number of hydrogen-bond acceptors (Lipinski definition) is 4. The zero-order chi connectivity index (χ0) is 13.5. The predicted molar refractivity (Wildman–Crippen MR) is 69.2 cm³/mol. The molecule has 0 fully saturated rings. The van der Waals surface area contributed by atoms with E-state index in [4.69, 9.17) is 10.3 Å². The number of aromatic nitrogens is 3. The van der Waals surface area contributed by atoms with Crippen molar-refractivity contribution in [2.75, 3.05) is 0 Å². The maximum absolute atomic E-state index is 6.17. The summed E-state index contributed by atoms with van der Waals surface area (Å²) in [6.07, 6.45) is 3.62. The van der Waals surface area contributed by atoms with E-state index < -0.39 is 5.54 Å². The molecule has 1 atom stereocenters. The zero-order valence-electron chi connectivity index (χ0n) is 11.6. The minimum Gasteiger partial charge on any atom is -0.361 e. The lowest BCUT2D eigenvalue weighted by Crippen LogP contribution is -2.32. The van der Waals surface area contributed by atoms with E-state index in [9.17, 15) is 0 Å². The molecule has 2 N–H and O–H groups in total. The Balaban J connectivity index is 2.48. The zero-order valence-corrected chi connectivity index (χ0v) is 11.6. The van der Waals surface area contributed by atoms with Crippen LogP contribution in [-0.2, 0) is 5.54 Å². The second-order valence-corrected chi connectivity index (χ2v) is 5.32. The highest BCUT2D eigenvalue weighted by atomic mass is 16.5. The average molecular weight is 248 g/mol. The Bertz CT molecular complexity index is 528. The van der Waals surface area contributed by atoms with Gasteiger partial charge in [0.2, 0.25) is 0 Å². The summed E-state index contributed by atoms with van der Waals surface area (Å²) >= 11 is 0. The fourth-order valence-corrected chi connectivity index (χ4v) is 2.34. The van der Waals surface area contributed by atoms with Crippen LogP contribution in [0, 0.1) is 13.8 Å². The van der Waals surface area contributed by atoms with Crippen LogP contribution < -0.4 is 5.73 Å². The first-order valence-corrected chi connectivity index (χ1v) is 6.06. The Morgan fingerprint density at radius 2 is 2.06 bits per heavy atom. The summed E-state index contributed by atoms with van der Waals surface area (Å²) in [6.45, 7) is 9.92. The average Bonchev–Trinajstić information content (AvgIpc) is 2.84. The molecule has 0 bridgehead atoms. The molecule has 0 aliphatic heterocycles. The number of imidazole rings is 1. The first-order valence-electron chi connectivity index (χ1n) is 6.06. The molecular weight excluding hydrogens is 228 g/mol. The van der Waals surface area contributed by atoms with Gasteiger partial charge in [0.05, 0.1) is 35.5 Å². The maximum atomic E-state index is 6.17. The van der Waals surface area contributed by atoms with Gasteiger partial charge in [0, 0.05) is 5.56 Å². The Hall–Kier alpha value is -1.62. The lowest BCUT2D eigenvalue weighted by Gasteiger charge is -2.24. The normalized spacial score (nSPS) is 13.9. The van der Waals surface area contributed by atoms with Crippen molar-refractivity contribution in [1.82, 2.24) is 14.7 Å². The standard InChI is InChI=1S/C13H20N4O/c1-8-12(10(3)18-16-8)9(2)17-7-15-6-11(17)13(4,5)14/h6-7,9H,14H2,1-5H3. The van der Waals surface area contributed by atoms with Gasteiger partial charge in [-0.15, -0.1) is 0 Å². The molecule has 98 valence electrons. The van der Waals surface area contributed by atoms with E-state index >= 15 is 0 Å². The van der Waals surface area contributed by atoms with E-state index in [1.165, 1.54) is 0 Å². The molecule has 0 saturated heterocycles. The van der Waals surface area contributed by atoms with Gasteiger partial charge in [-0.2, -0.15) is 0 Å². The van der Waals surface area contributed by atoms with Crippen LogP contribution >= 0.6 is 0 Å². The number of rotatable bonds is 3. The van der Waals surface area contributed by atoms with Gasteiger partial charge < -0.3 is 14.8 Å². The van der Waals surface area contributed by atoms with Crippen LogP contribution in [0.15, 0.2) is 17.0 Å². The van der Waals surface area contributed by atoms with E-state index in [1.807, 2.05) is 33.9 Å². The molecule has 18 heavy (non-hydrogen) atoms. The Labute approximate surface area is 107 Å². The van der Waals surface area contributed by atoms with Gasteiger partial charge in [0.15, 0.2) is 0 Å². The Kier molecular flexibility index (Phi) is 3.02. The molecule has 0 amide bonds. The molecule has 2 aromatic heterocycles. The summed E-state index contributed by atoms with van der Waals surface area (Å²) in [5.41, 5.74) is 8.75. The van der Waals surface area contributed by atoms with E-state index in [0.29, 0.717) is 0 Å². The lowest BCUT2D eigenvalue weighted by molar-refractivity contribution is 0.390. The highest BCUT2D eigenvalue weighted by Gasteiger charge is 2.25. The summed E-state index contributed by atoms with van der Waals surface area (Å²) in [4.78, 5) is 4.21. The van der Waals surface area contributed by atoms with Crippen molar-refractivity contribution in [3.05, 3.63) is 35.2 Å². The van der Waals surface area contributed by atoms with E-state index in [0.717, 1.165) is 22.7 Å². The molecule has 0 saturated carbocycles. The molecule has 2 heterocycles. The Morgan fingerprint density at radius 3 is 2.56 bits per heavy atom. The van der Waals surface area contributed by atoms with Crippen molar-refractivity contribution in [1.29, 1.82) is 0 Å². The molecule has 0 aliphatic rings. The molecule has 0 spiro atoms. The highest BCUT2D eigenvalue weighted by Crippen LogP contribution is 2.28. The Morgan fingerprint density at radius 1 is 1.39 bits per heavy atom. The van der Waals surface area contributed by atoms with E-state index in [1.54, 1.807) is 6.33 Å². The molecule has 0 aliphatic carbocycles. The van der Waals surface area contributed by atoms with Crippen LogP contribution in [0.5, 0.6) is 0 Å². The number of hydrogen-bond donors (Lipinski definition) is 1. The molecule has 2 aromatic rings. The van der Waals surface area contributed by atoms with Gasteiger partial charge >= 0.3 is 0 Å². The largest absolute Gasteiger partial charge is 0.361 e. The molecule has 0 aromatic carbocycles. The van der Waals surface area contributed by atoms with Crippen molar-refractivity contribution in [2.45, 2.75) is 46.2 Å². The van der Waals surface area contributed by atoms with Crippen molar-refractivity contribution >= 4 is 0 Å². The summed E-state index contributed by atoms with van der Waals surface area (Å²) < 4.78 is 7.30. The van der Waals surface area contributed by atoms with E-state index in [-0.39, 0.29) is 6.04 Å². The van der Waals surface area contributed by atoms with Gasteiger partial charge in [0.25, 0.3) is 0 Å². The third-order valence-corrected chi connectivity index (χ3v) is 3.25. The quantitative estimate of drug-likeness (QED) is 0.904. The first-order chi connectivity index (χ1) is 8.32. The molecule has 0 radical (unpaired) electrons. The smallest absolute Gasteiger partial charge is 0.139 e. The summed E-state index contributed by atoms with van der Waals surface area (Å²) in [5.74, 6) is 0.842. The maximum Gasteiger partial charge on any atom is 0.139 e. The summed E-state index contributed by atoms with van der Waals surface area (Å²) in [6, 6.07) is 0.108. The monoisotopic (exact) mass is 248 g/mol. The van der Waals surface area contributed by atoms with Gasteiger partial charge in [-0.1, -0.05) is 5.16 Å². The number of aryl methyl sites for hydroxylation is 2. The topological polar surface area (TPSA) is 69.9 Å². The van der Waals surface area contributed by atoms with Crippen LogP contribution in [0.25, 0.3) is 0 Å². The van der Waals surface area contributed by atoms with Crippen LogP contribution in [0.4, 0.5) is 0 Å². The fraction of sp³-hybridized carbons (Fsp3) is 0.538. The second kappa shape index (κ2) is 4.24. The molecule has 5 nitrogen and oxygen atoms in total. The van der Waals surface area contributed by atoms with Crippen molar-refractivity contribution in [3.8, 4) is 0 Å². The highest BCUT2D eigenvalue weighted by molar-refractivity contribution is 5.27. The van der Waals surface area contributed by atoms with Crippen molar-refractivity contribution in [3.63, 3.8) is 0 Å². The number of nitrogens with two attached hydrogens (primary N) is 1. The van der Waals surface area contributed by atoms with Gasteiger partial charge in [-0.3, -0.25) is 0 Å². The van der Waals surface area contributed by atoms with Gasteiger partial charge in [-0.25, -0.2) is 4.98 Å². The van der Waals surface area contributed by atoms with E-state index in [2.05, 4.69) is 21.6 Å². The first kappa shape index (κ1) is 12.8. The van der Waals surface area contributed by atoms with Crippen LogP contribution in [0.3, 0.4) is 0 Å². The number of nitrogens with zero attached hydrogens (tertiary/aromatic N) is 3. The summed E-state index contributed by atoms with van der Waals surface area (Å²) in [7, 11) is 0. The van der Waals surface area contributed by atoms with Crippen molar-refractivity contribution in [2.24, 2.45) is 5.73 Å². The predicted octanol–water partition coefficient (Wildman–Crippen LogP) is 2.29. The molecule has 5 heteroatoms. The third kappa shape index (κ3) is 2.06. The fourth-order valence-electron chi connectivity index (χ4n) is 2.34. The second-order valence-electron chi connectivity index (χ2n) is 5.32. The van der Waals surface area contributed by atoms with Gasteiger partial charge in [-0.05, 0) is 34.6 Å². The van der Waals surface area contributed by atoms with Crippen LogP contribution in [0.1, 0.15) is 49.5 Å².